The Morgan fingerprint density at radius 1 is 0.857 bits per heavy atom. The fourth-order valence-corrected chi connectivity index (χ4v) is 1.28. The van der Waals surface area contributed by atoms with E-state index in [0.29, 0.717) is 11.5 Å². The molecule has 1 aromatic rings. The van der Waals surface area contributed by atoms with E-state index in [1.165, 1.54) is 0 Å². The van der Waals surface area contributed by atoms with E-state index in [1.54, 1.807) is 21.3 Å². The van der Waals surface area contributed by atoms with Crippen LogP contribution in [0.3, 0.4) is 0 Å². The number of ether oxygens (including phenoxy) is 3. The molecular formula is C11H15O3. The SMILES string of the molecule is C[CH]c1cc(OC)c(OC)cc1OC. The maximum atomic E-state index is 5.21. The van der Waals surface area contributed by atoms with Gasteiger partial charge in [0, 0.05) is 11.6 Å². The Balaban J connectivity index is 3.20. The minimum atomic E-state index is 0.676. The van der Waals surface area contributed by atoms with Crippen LogP contribution in [-0.2, 0) is 0 Å². The van der Waals surface area contributed by atoms with Gasteiger partial charge in [0.15, 0.2) is 11.5 Å². The van der Waals surface area contributed by atoms with Gasteiger partial charge in [-0.25, -0.2) is 0 Å². The summed E-state index contributed by atoms with van der Waals surface area (Å²) in [6.07, 6.45) is 1.96. The molecule has 0 unspecified atom stereocenters. The highest BCUT2D eigenvalue weighted by atomic mass is 16.5. The van der Waals surface area contributed by atoms with Crippen molar-refractivity contribution in [1.29, 1.82) is 0 Å². The average molecular weight is 195 g/mol. The molecule has 3 nitrogen and oxygen atoms in total. The molecule has 1 radical (unpaired) electrons. The first-order valence-electron chi connectivity index (χ1n) is 4.36. The first-order valence-corrected chi connectivity index (χ1v) is 4.36. The first kappa shape index (κ1) is 10.7. The standard InChI is InChI=1S/C11H15O3/c1-5-8-6-10(13-3)11(14-4)7-9(8)12-2/h5-7H,1-4H3. The Morgan fingerprint density at radius 2 is 1.36 bits per heavy atom. The van der Waals surface area contributed by atoms with E-state index < -0.39 is 0 Å². The highest BCUT2D eigenvalue weighted by Gasteiger charge is 2.09. The molecule has 0 aliphatic carbocycles. The van der Waals surface area contributed by atoms with Crippen LogP contribution in [0.5, 0.6) is 17.2 Å². The van der Waals surface area contributed by atoms with Crippen molar-refractivity contribution in [3.63, 3.8) is 0 Å². The summed E-state index contributed by atoms with van der Waals surface area (Å²) in [4.78, 5) is 0. The van der Waals surface area contributed by atoms with Gasteiger partial charge in [-0.05, 0) is 12.5 Å². The molecule has 0 aliphatic heterocycles. The Bertz CT molecular complexity index is 249. The lowest BCUT2D eigenvalue weighted by Gasteiger charge is -2.12. The van der Waals surface area contributed by atoms with Crippen molar-refractivity contribution in [2.24, 2.45) is 0 Å². The lowest BCUT2D eigenvalue weighted by atomic mass is 10.1. The number of rotatable bonds is 4. The molecule has 0 amide bonds. The monoisotopic (exact) mass is 195 g/mol. The van der Waals surface area contributed by atoms with Crippen molar-refractivity contribution in [2.75, 3.05) is 21.3 Å². The van der Waals surface area contributed by atoms with Crippen LogP contribution in [0.4, 0.5) is 0 Å². The molecule has 0 spiro atoms. The zero-order valence-electron chi connectivity index (χ0n) is 8.96. The van der Waals surface area contributed by atoms with Gasteiger partial charge in [-0.3, -0.25) is 0 Å². The summed E-state index contributed by atoms with van der Waals surface area (Å²) in [7, 11) is 4.85. The molecule has 0 heterocycles. The number of hydrogen-bond acceptors (Lipinski definition) is 3. The molecule has 0 aliphatic rings. The third kappa shape index (κ3) is 1.92. The Hall–Kier alpha value is -1.38. The summed E-state index contributed by atoms with van der Waals surface area (Å²) in [6.45, 7) is 1.95. The second-order valence-corrected chi connectivity index (χ2v) is 2.74. The van der Waals surface area contributed by atoms with Gasteiger partial charge >= 0.3 is 0 Å². The molecule has 0 N–H and O–H groups in total. The maximum Gasteiger partial charge on any atom is 0.164 e. The predicted octanol–water partition coefficient (Wildman–Crippen LogP) is 2.28. The summed E-state index contributed by atoms with van der Waals surface area (Å²) in [5, 5.41) is 0. The molecular weight excluding hydrogens is 180 g/mol. The van der Waals surface area contributed by atoms with Crippen LogP contribution in [0.25, 0.3) is 0 Å². The van der Waals surface area contributed by atoms with Gasteiger partial charge in [0.2, 0.25) is 0 Å². The highest BCUT2D eigenvalue weighted by molar-refractivity contribution is 5.52. The van der Waals surface area contributed by atoms with Crippen molar-refractivity contribution in [3.8, 4) is 17.2 Å². The Kier molecular flexibility index (Phi) is 3.63. The van der Waals surface area contributed by atoms with Gasteiger partial charge in [-0.2, -0.15) is 0 Å². The molecule has 1 aromatic carbocycles. The van der Waals surface area contributed by atoms with Crippen LogP contribution < -0.4 is 14.2 Å². The van der Waals surface area contributed by atoms with E-state index >= 15 is 0 Å². The van der Waals surface area contributed by atoms with E-state index in [0.717, 1.165) is 11.3 Å². The lowest BCUT2D eigenvalue weighted by Crippen LogP contribution is -1.95. The van der Waals surface area contributed by atoms with Gasteiger partial charge in [0.25, 0.3) is 0 Å². The van der Waals surface area contributed by atoms with Gasteiger partial charge in [0.05, 0.1) is 21.3 Å². The zero-order chi connectivity index (χ0) is 10.6. The molecule has 1 rings (SSSR count). The number of hydrogen-bond donors (Lipinski definition) is 0. The maximum absolute atomic E-state index is 5.21. The zero-order valence-corrected chi connectivity index (χ0v) is 8.96. The van der Waals surface area contributed by atoms with Crippen molar-refractivity contribution in [1.82, 2.24) is 0 Å². The van der Waals surface area contributed by atoms with Crippen molar-refractivity contribution >= 4 is 0 Å². The summed E-state index contributed by atoms with van der Waals surface area (Å²) < 4.78 is 15.5. The summed E-state index contributed by atoms with van der Waals surface area (Å²) in [5.41, 5.74) is 0.991. The molecule has 0 atom stereocenters. The van der Waals surface area contributed by atoms with Gasteiger partial charge in [-0.1, -0.05) is 6.92 Å². The summed E-state index contributed by atoms with van der Waals surface area (Å²) in [6, 6.07) is 3.70. The lowest BCUT2D eigenvalue weighted by molar-refractivity contribution is 0.348. The van der Waals surface area contributed by atoms with E-state index in [4.69, 9.17) is 14.2 Å². The van der Waals surface area contributed by atoms with Crippen LogP contribution in [0, 0.1) is 6.42 Å². The van der Waals surface area contributed by atoms with Crippen LogP contribution >= 0.6 is 0 Å². The average Bonchev–Trinajstić information content (AvgIpc) is 2.26. The Morgan fingerprint density at radius 3 is 1.79 bits per heavy atom. The second kappa shape index (κ2) is 4.74. The topological polar surface area (TPSA) is 27.7 Å². The van der Waals surface area contributed by atoms with E-state index in [9.17, 15) is 0 Å². The van der Waals surface area contributed by atoms with Gasteiger partial charge in [0.1, 0.15) is 5.75 Å². The fourth-order valence-electron chi connectivity index (χ4n) is 1.28. The summed E-state index contributed by atoms with van der Waals surface area (Å²) >= 11 is 0. The van der Waals surface area contributed by atoms with Crippen LogP contribution in [0.2, 0.25) is 0 Å². The van der Waals surface area contributed by atoms with Gasteiger partial charge in [-0.15, -0.1) is 0 Å². The third-order valence-electron chi connectivity index (χ3n) is 2.05. The largest absolute Gasteiger partial charge is 0.496 e. The first-order chi connectivity index (χ1) is 6.76. The molecule has 3 heteroatoms. The second-order valence-electron chi connectivity index (χ2n) is 2.74. The molecule has 0 saturated heterocycles. The predicted molar refractivity (Wildman–Crippen MR) is 55.2 cm³/mol. The van der Waals surface area contributed by atoms with Crippen molar-refractivity contribution in [2.45, 2.75) is 6.92 Å². The van der Waals surface area contributed by atoms with E-state index in [1.807, 2.05) is 25.5 Å². The molecule has 0 bridgehead atoms. The number of methoxy groups -OCH3 is 3. The Labute approximate surface area is 84.6 Å². The number of benzene rings is 1. The molecule has 0 aromatic heterocycles. The van der Waals surface area contributed by atoms with Crippen LogP contribution in [-0.4, -0.2) is 21.3 Å². The minimum absolute atomic E-state index is 0.676. The molecule has 77 valence electrons. The van der Waals surface area contributed by atoms with Crippen molar-refractivity contribution in [3.05, 3.63) is 24.1 Å². The third-order valence-corrected chi connectivity index (χ3v) is 2.05. The van der Waals surface area contributed by atoms with E-state index in [-0.39, 0.29) is 0 Å². The summed E-state index contributed by atoms with van der Waals surface area (Å²) in [5.74, 6) is 2.17. The fraction of sp³-hybridized carbons (Fsp3) is 0.364. The van der Waals surface area contributed by atoms with Crippen LogP contribution in [0.1, 0.15) is 12.5 Å². The van der Waals surface area contributed by atoms with Gasteiger partial charge < -0.3 is 14.2 Å². The highest BCUT2D eigenvalue weighted by Crippen LogP contribution is 2.34. The smallest absolute Gasteiger partial charge is 0.164 e. The molecule has 0 saturated carbocycles. The van der Waals surface area contributed by atoms with Crippen molar-refractivity contribution < 1.29 is 14.2 Å². The normalized spacial score (nSPS) is 9.71. The molecule has 14 heavy (non-hydrogen) atoms. The van der Waals surface area contributed by atoms with Crippen LogP contribution in [0.15, 0.2) is 12.1 Å². The molecule has 0 fully saturated rings. The minimum Gasteiger partial charge on any atom is -0.496 e. The van der Waals surface area contributed by atoms with E-state index in [2.05, 4.69) is 0 Å². The quantitative estimate of drug-likeness (QED) is 0.737.